The average Bonchev–Trinajstić information content (AvgIpc) is 3.38. The third-order valence-electron chi connectivity index (χ3n) is 6.91. The molecule has 1 fully saturated rings. The van der Waals surface area contributed by atoms with Gasteiger partial charge in [-0.15, -0.1) is 0 Å². The van der Waals surface area contributed by atoms with Crippen LogP contribution in [0.25, 0.3) is 11.0 Å². The number of alkyl halides is 3. The molecule has 4 aromatic rings. The summed E-state index contributed by atoms with van der Waals surface area (Å²) in [5.74, 6) is -0.403. The minimum Gasteiger partial charge on any atom is -0.350 e. The zero-order valence-corrected chi connectivity index (χ0v) is 22.7. The zero-order valence-electron chi connectivity index (χ0n) is 21.8. The molecule has 0 bridgehead atoms. The zero-order chi connectivity index (χ0) is 29.2. The Hall–Kier alpha value is -4.04. The Morgan fingerprint density at radius 2 is 1.76 bits per heavy atom. The third-order valence-corrected chi connectivity index (χ3v) is 8.82. The lowest BCUT2D eigenvalue weighted by atomic mass is 10.1. The Kier molecular flexibility index (Phi) is 7.95. The van der Waals surface area contributed by atoms with Gasteiger partial charge in [-0.25, -0.2) is 18.1 Å². The minimum atomic E-state index is -4.49. The second kappa shape index (κ2) is 11.4. The van der Waals surface area contributed by atoms with E-state index in [0.717, 1.165) is 31.4 Å². The van der Waals surface area contributed by atoms with Crippen LogP contribution < -0.4 is 10.9 Å². The van der Waals surface area contributed by atoms with Crippen LogP contribution in [0.1, 0.15) is 40.7 Å². The van der Waals surface area contributed by atoms with Crippen LogP contribution in [0.2, 0.25) is 0 Å². The fraction of sp³-hybridized carbons (Fsp3) is 0.333. The van der Waals surface area contributed by atoms with E-state index >= 15 is 0 Å². The first-order valence-corrected chi connectivity index (χ1v) is 14.4. The second-order valence-corrected chi connectivity index (χ2v) is 11.7. The van der Waals surface area contributed by atoms with Crippen molar-refractivity contribution >= 4 is 27.0 Å². The van der Waals surface area contributed by atoms with Crippen LogP contribution in [0, 0.1) is 0 Å². The number of nitrogens with one attached hydrogen (secondary N) is 1. The maximum absolute atomic E-state index is 13.0. The summed E-state index contributed by atoms with van der Waals surface area (Å²) in [6.45, 7) is 1.24. The summed E-state index contributed by atoms with van der Waals surface area (Å²) >= 11 is 0. The number of rotatable bonds is 8. The first-order valence-electron chi connectivity index (χ1n) is 13.0. The highest BCUT2D eigenvalue weighted by Gasteiger charge is 2.30. The highest BCUT2D eigenvalue weighted by Crippen LogP contribution is 2.29. The minimum absolute atomic E-state index is 0.0922. The number of amides is 1. The van der Waals surface area contributed by atoms with Crippen molar-refractivity contribution in [2.75, 3.05) is 19.6 Å². The smallest absolute Gasteiger partial charge is 0.350 e. The molecule has 1 amide bonds. The number of carbonyl (C=O) groups excluding carboxylic acids is 1. The fourth-order valence-corrected chi connectivity index (χ4v) is 6.24. The molecule has 0 saturated carbocycles. The van der Waals surface area contributed by atoms with Crippen molar-refractivity contribution in [3.63, 3.8) is 0 Å². The topological polar surface area (TPSA) is 119 Å². The number of hydrogen-bond acceptors (Lipinski definition) is 6. The van der Waals surface area contributed by atoms with Gasteiger partial charge in [0.1, 0.15) is 11.7 Å². The highest BCUT2D eigenvalue weighted by atomic mass is 32.2. The predicted octanol–water partition coefficient (Wildman–Crippen LogP) is 3.26. The van der Waals surface area contributed by atoms with Crippen LogP contribution >= 0.6 is 0 Å². The van der Waals surface area contributed by atoms with Crippen LogP contribution in [-0.4, -0.2) is 57.6 Å². The van der Waals surface area contributed by atoms with Crippen molar-refractivity contribution in [1.29, 1.82) is 0 Å². The fourth-order valence-electron chi connectivity index (χ4n) is 4.73. The predicted molar refractivity (Wildman–Crippen MR) is 144 cm³/mol. The SMILES string of the molecule is O=C(NCCn1ncc2c(=O)n(Cc3cccc(C(F)(F)F)c3)cnc21)c1ccc(S(=O)(=O)N2CCCCC2)cc1. The van der Waals surface area contributed by atoms with Crippen LogP contribution in [-0.2, 0) is 29.3 Å². The van der Waals surface area contributed by atoms with E-state index in [-0.39, 0.29) is 35.6 Å². The maximum Gasteiger partial charge on any atom is 0.416 e. The van der Waals surface area contributed by atoms with Gasteiger partial charge in [0.25, 0.3) is 11.5 Å². The van der Waals surface area contributed by atoms with Gasteiger partial charge in [0, 0.05) is 25.2 Å². The van der Waals surface area contributed by atoms with E-state index in [9.17, 15) is 31.2 Å². The van der Waals surface area contributed by atoms with Gasteiger partial charge in [0.15, 0.2) is 5.65 Å². The summed E-state index contributed by atoms with van der Waals surface area (Å²) in [6.07, 6.45) is 0.763. The monoisotopic (exact) mass is 588 g/mol. The Morgan fingerprint density at radius 1 is 1.02 bits per heavy atom. The van der Waals surface area contributed by atoms with Gasteiger partial charge >= 0.3 is 6.18 Å². The van der Waals surface area contributed by atoms with Crippen molar-refractivity contribution in [3.8, 4) is 0 Å². The van der Waals surface area contributed by atoms with E-state index in [1.165, 1.54) is 62.5 Å². The highest BCUT2D eigenvalue weighted by molar-refractivity contribution is 7.89. The normalized spacial score (nSPS) is 14.8. The number of nitrogens with zero attached hydrogens (tertiary/aromatic N) is 5. The molecule has 1 aliphatic heterocycles. The summed E-state index contributed by atoms with van der Waals surface area (Å²) in [4.78, 5) is 29.9. The van der Waals surface area contributed by atoms with Gasteiger partial charge in [-0.3, -0.25) is 14.2 Å². The molecule has 10 nitrogen and oxygen atoms in total. The third kappa shape index (κ3) is 6.17. The van der Waals surface area contributed by atoms with Gasteiger partial charge in [-0.05, 0) is 54.8 Å². The molecule has 216 valence electrons. The van der Waals surface area contributed by atoms with Gasteiger partial charge in [0.05, 0.1) is 29.7 Å². The molecule has 2 aromatic carbocycles. The van der Waals surface area contributed by atoms with E-state index in [4.69, 9.17) is 0 Å². The molecule has 1 aliphatic rings. The number of hydrogen-bond donors (Lipinski definition) is 1. The van der Waals surface area contributed by atoms with E-state index < -0.39 is 33.2 Å². The van der Waals surface area contributed by atoms with Crippen LogP contribution in [0.4, 0.5) is 13.2 Å². The Labute approximate surface area is 233 Å². The summed E-state index contributed by atoms with van der Waals surface area (Å²) in [5.41, 5.74) is -0.386. The maximum atomic E-state index is 13.0. The number of benzene rings is 2. The van der Waals surface area contributed by atoms with E-state index in [1.54, 1.807) is 0 Å². The molecule has 5 rings (SSSR count). The van der Waals surface area contributed by atoms with Crippen LogP contribution in [0.5, 0.6) is 0 Å². The number of carbonyl (C=O) groups is 1. The van der Waals surface area contributed by atoms with Gasteiger partial charge in [-0.2, -0.15) is 22.6 Å². The van der Waals surface area contributed by atoms with E-state index in [2.05, 4.69) is 15.4 Å². The first kappa shape index (κ1) is 28.5. The number of piperidine rings is 1. The molecule has 3 heterocycles. The van der Waals surface area contributed by atoms with Crippen molar-refractivity contribution in [3.05, 3.63) is 88.1 Å². The van der Waals surface area contributed by atoms with Crippen LogP contribution in [0.15, 0.2) is 70.7 Å². The molecule has 0 spiro atoms. The molecule has 0 unspecified atom stereocenters. The molecule has 14 heteroatoms. The summed E-state index contributed by atoms with van der Waals surface area (Å²) in [6, 6.07) is 10.5. The number of sulfonamides is 1. The molecular formula is C27H27F3N6O4S. The summed E-state index contributed by atoms with van der Waals surface area (Å²) in [5, 5.41) is 7.10. The molecule has 1 saturated heterocycles. The lowest BCUT2D eigenvalue weighted by Gasteiger charge is -2.25. The van der Waals surface area contributed by atoms with E-state index in [1.807, 2.05) is 0 Å². The standard InChI is InChI=1S/C27H27F3N6O4S/c28-27(29,30)21-6-4-5-19(15-21)17-34-18-32-24-23(26(34)38)16-33-36(24)14-11-31-25(37)20-7-9-22(10-8-20)41(39,40)35-12-2-1-3-13-35/h4-10,15-16,18H,1-3,11-14,17H2,(H,31,37). The van der Waals surface area contributed by atoms with Crippen molar-refractivity contribution in [1.82, 2.24) is 29.0 Å². The largest absolute Gasteiger partial charge is 0.416 e. The molecule has 41 heavy (non-hydrogen) atoms. The molecule has 0 atom stereocenters. The van der Waals surface area contributed by atoms with E-state index in [0.29, 0.717) is 24.2 Å². The summed E-state index contributed by atoms with van der Waals surface area (Å²) < 4.78 is 68.8. The average molecular weight is 589 g/mol. The van der Waals surface area contributed by atoms with Crippen molar-refractivity contribution in [2.45, 2.75) is 43.4 Å². The Morgan fingerprint density at radius 3 is 2.46 bits per heavy atom. The van der Waals surface area contributed by atoms with Crippen molar-refractivity contribution < 1.29 is 26.4 Å². The number of fused-ring (bicyclic) bond motifs is 1. The van der Waals surface area contributed by atoms with Crippen LogP contribution in [0.3, 0.4) is 0 Å². The van der Waals surface area contributed by atoms with Gasteiger partial charge in [0.2, 0.25) is 10.0 Å². The van der Waals surface area contributed by atoms with Gasteiger partial charge < -0.3 is 5.32 Å². The second-order valence-electron chi connectivity index (χ2n) is 9.73. The number of aromatic nitrogens is 4. The molecule has 1 N–H and O–H groups in total. The molecular weight excluding hydrogens is 561 g/mol. The Bertz CT molecular complexity index is 1730. The van der Waals surface area contributed by atoms with Gasteiger partial charge in [-0.1, -0.05) is 18.6 Å². The van der Waals surface area contributed by atoms with Crippen molar-refractivity contribution in [2.24, 2.45) is 0 Å². The molecule has 0 radical (unpaired) electrons. The Balaban J connectivity index is 1.21. The summed E-state index contributed by atoms with van der Waals surface area (Å²) in [7, 11) is -3.59. The molecule has 0 aliphatic carbocycles. The lowest BCUT2D eigenvalue weighted by molar-refractivity contribution is -0.137. The molecule has 2 aromatic heterocycles. The quantitative estimate of drug-likeness (QED) is 0.338. The first-order chi connectivity index (χ1) is 19.5. The number of halogens is 3. The lowest BCUT2D eigenvalue weighted by Crippen LogP contribution is -2.35.